The van der Waals surface area contributed by atoms with Crippen LogP contribution in [-0.4, -0.2) is 35.1 Å². The minimum absolute atomic E-state index is 0.229. The van der Waals surface area contributed by atoms with E-state index < -0.39 is 22.1 Å². The lowest BCUT2D eigenvalue weighted by Crippen LogP contribution is -2.14. The molecule has 4 aromatic carbocycles. The molecule has 0 heterocycles. The van der Waals surface area contributed by atoms with Gasteiger partial charge in [0.2, 0.25) is 0 Å². The Bertz CT molecular complexity index is 1780. The topological polar surface area (TPSA) is 129 Å². The molecule has 0 amide bonds. The van der Waals surface area contributed by atoms with Crippen molar-refractivity contribution in [2.24, 2.45) is 0 Å². The molecule has 0 bridgehead atoms. The fraction of sp³-hybridized carbons (Fsp3) is 0.0571. The lowest BCUT2D eigenvalue weighted by atomic mass is 9.88. The van der Waals surface area contributed by atoms with Crippen LogP contribution in [0.15, 0.2) is 127 Å². The zero-order chi connectivity index (χ0) is 30.6. The van der Waals surface area contributed by atoms with Gasteiger partial charge in [-0.05, 0) is 71.5 Å². The van der Waals surface area contributed by atoms with Gasteiger partial charge in [-0.15, -0.1) is 0 Å². The largest absolute Gasteiger partial charge is 0.478 e. The van der Waals surface area contributed by atoms with Crippen molar-refractivity contribution >= 4 is 27.6 Å². The lowest BCUT2D eigenvalue weighted by molar-refractivity contribution is 0.0685. The molecule has 3 N–H and O–H groups in total. The summed E-state index contributed by atoms with van der Waals surface area (Å²) < 4.78 is 34.7. The predicted molar refractivity (Wildman–Crippen MR) is 164 cm³/mol. The highest BCUT2D eigenvalue weighted by Crippen LogP contribution is 2.37. The van der Waals surface area contributed by atoms with Crippen molar-refractivity contribution in [1.82, 2.24) is 0 Å². The number of rotatable bonds is 9. The second-order valence-corrected chi connectivity index (χ2v) is 11.4. The van der Waals surface area contributed by atoms with Crippen molar-refractivity contribution in [1.29, 1.82) is 0 Å². The molecule has 0 saturated carbocycles. The second-order valence-electron chi connectivity index (χ2n) is 10.0. The maximum absolute atomic E-state index is 12.4. The first kappa shape index (κ1) is 29.3. The summed E-state index contributed by atoms with van der Waals surface area (Å²) in [6, 6.07) is 28.4. The Hall–Kier alpha value is -5.18. The molecular formula is C35H27O7S+. The second kappa shape index (κ2) is 12.4. The average molecular weight is 592 g/mol. The molecule has 5 rings (SSSR count). The maximum Gasteiger partial charge on any atom is 0.335 e. The lowest BCUT2D eigenvalue weighted by Gasteiger charge is -2.15. The average Bonchev–Trinajstić information content (AvgIpc) is 2.99. The van der Waals surface area contributed by atoms with E-state index in [9.17, 15) is 32.8 Å². The third-order valence-corrected chi connectivity index (χ3v) is 8.12. The predicted octanol–water partition coefficient (Wildman–Crippen LogP) is 6.61. The molecule has 214 valence electrons. The van der Waals surface area contributed by atoms with Gasteiger partial charge >= 0.3 is 22.1 Å². The minimum Gasteiger partial charge on any atom is -0.478 e. The zero-order valence-electron chi connectivity index (χ0n) is 22.8. The molecule has 0 atom stereocenters. The molecule has 4 aromatic rings. The summed E-state index contributed by atoms with van der Waals surface area (Å²) in [5.41, 5.74) is 5.80. The molecule has 7 nitrogen and oxygen atoms in total. The monoisotopic (exact) mass is 591 g/mol. The van der Waals surface area contributed by atoms with Gasteiger partial charge in [-0.2, -0.15) is 8.42 Å². The highest BCUT2D eigenvalue weighted by atomic mass is 32.2. The van der Waals surface area contributed by atoms with E-state index in [-0.39, 0.29) is 16.4 Å². The number of aromatic carboxylic acids is 2. The molecule has 0 radical (unpaired) electrons. The van der Waals surface area contributed by atoms with Crippen molar-refractivity contribution in [2.75, 3.05) is 0 Å². The Kier molecular flexibility index (Phi) is 8.43. The van der Waals surface area contributed by atoms with E-state index in [4.69, 9.17) is 0 Å². The number of hydrogen-bond acceptors (Lipinski definition) is 4. The first-order valence-corrected chi connectivity index (χ1v) is 14.8. The van der Waals surface area contributed by atoms with Crippen LogP contribution in [0.2, 0.25) is 0 Å². The number of carboxylic acids is 2. The van der Waals surface area contributed by atoms with Gasteiger partial charge in [0.25, 0.3) is 0 Å². The summed E-state index contributed by atoms with van der Waals surface area (Å²) in [4.78, 5) is 23.3. The van der Waals surface area contributed by atoms with E-state index in [1.54, 1.807) is 60.7 Å². The van der Waals surface area contributed by atoms with Crippen LogP contribution in [0, 0.1) is 5.25 Å². The van der Waals surface area contributed by atoms with Crippen molar-refractivity contribution in [3.63, 3.8) is 0 Å². The Morgan fingerprint density at radius 1 is 0.628 bits per heavy atom. The Morgan fingerprint density at radius 2 is 1.07 bits per heavy atom. The van der Waals surface area contributed by atoms with Crippen molar-refractivity contribution < 1.29 is 32.8 Å². The van der Waals surface area contributed by atoms with E-state index in [0.29, 0.717) is 46.2 Å². The van der Waals surface area contributed by atoms with Gasteiger partial charge in [-0.3, -0.25) is 4.55 Å². The van der Waals surface area contributed by atoms with Gasteiger partial charge in [0.15, 0.2) is 5.25 Å². The maximum atomic E-state index is 12.4. The van der Waals surface area contributed by atoms with Crippen molar-refractivity contribution in [3.05, 3.63) is 177 Å². The molecule has 0 saturated heterocycles. The highest BCUT2D eigenvalue weighted by molar-refractivity contribution is 7.89. The Labute approximate surface area is 249 Å². The zero-order valence-corrected chi connectivity index (χ0v) is 23.7. The number of benzene rings is 4. The van der Waals surface area contributed by atoms with E-state index in [2.05, 4.69) is 0 Å². The first-order chi connectivity index (χ1) is 20.6. The molecule has 0 unspecified atom stereocenters. The Morgan fingerprint density at radius 3 is 1.49 bits per heavy atom. The number of carbonyl (C=O) groups is 2. The van der Waals surface area contributed by atoms with Gasteiger partial charge < -0.3 is 10.2 Å². The van der Waals surface area contributed by atoms with Crippen molar-refractivity contribution in [2.45, 2.75) is 12.8 Å². The summed E-state index contributed by atoms with van der Waals surface area (Å²) >= 11 is 0. The summed E-state index contributed by atoms with van der Waals surface area (Å²) in [5, 5.41) is 18.9. The standard InChI is InChI=1S/C35H26O7S/c36-34(37)29-9-3-1-7-27(29)21-23-13-17-25(18-14-23)33(31-11-5-6-12-32(31)43(40,41)42)26-19-15-24(16-20-26)22-28-8-2-4-10-30(28)35(38)39/h1-20H,21-22H2,(H2-,36,37,38,39,40,41,42)/p+1. The first-order valence-electron chi connectivity index (χ1n) is 13.4. The van der Waals surface area contributed by atoms with Crippen LogP contribution in [0.5, 0.6) is 0 Å². The van der Waals surface area contributed by atoms with E-state index in [0.717, 1.165) is 11.1 Å². The van der Waals surface area contributed by atoms with Crippen LogP contribution in [0.4, 0.5) is 0 Å². The van der Waals surface area contributed by atoms with Gasteiger partial charge in [0.05, 0.1) is 16.7 Å². The third-order valence-electron chi connectivity index (χ3n) is 7.20. The van der Waals surface area contributed by atoms with E-state index in [1.807, 2.05) is 48.5 Å². The van der Waals surface area contributed by atoms with Crippen LogP contribution < -0.4 is 0 Å². The van der Waals surface area contributed by atoms with Gasteiger partial charge in [-0.1, -0.05) is 60.7 Å². The fourth-order valence-corrected chi connectivity index (χ4v) is 5.86. The normalized spacial score (nSPS) is 12.8. The molecule has 1 aliphatic rings. The molecular weight excluding hydrogens is 564 g/mol. The highest BCUT2D eigenvalue weighted by Gasteiger charge is 2.35. The van der Waals surface area contributed by atoms with Crippen LogP contribution in [0.1, 0.15) is 54.1 Å². The summed E-state index contributed by atoms with van der Waals surface area (Å²) in [6.45, 7) is 0. The molecule has 43 heavy (non-hydrogen) atoms. The SMILES string of the molecule is O=C(O)c1ccccc1Cc1ccc(C(=C2C=CC=C[C+]2S(=O)(=O)O)c2ccc(Cc3ccccc3C(=O)O)cc2)cc1. The van der Waals surface area contributed by atoms with Crippen LogP contribution in [0.25, 0.3) is 5.57 Å². The van der Waals surface area contributed by atoms with Crippen LogP contribution >= 0.6 is 0 Å². The summed E-state index contributed by atoms with van der Waals surface area (Å²) in [7, 11) is -4.55. The summed E-state index contributed by atoms with van der Waals surface area (Å²) in [5.74, 6) is -2.00. The third kappa shape index (κ3) is 6.67. The molecule has 8 heteroatoms. The molecule has 0 spiro atoms. The van der Waals surface area contributed by atoms with E-state index >= 15 is 0 Å². The fourth-order valence-electron chi connectivity index (χ4n) is 5.16. The number of hydrogen-bond donors (Lipinski definition) is 3. The number of allylic oxidation sites excluding steroid dienone is 3. The number of carboxylic acid groups (broad SMARTS) is 2. The Balaban J connectivity index is 1.54. The van der Waals surface area contributed by atoms with Gasteiger partial charge in [-0.25, -0.2) is 9.59 Å². The van der Waals surface area contributed by atoms with E-state index in [1.165, 1.54) is 12.2 Å². The quantitative estimate of drug-likeness (QED) is 0.148. The smallest absolute Gasteiger partial charge is 0.335 e. The molecule has 0 fully saturated rings. The van der Waals surface area contributed by atoms with Gasteiger partial charge in [0, 0.05) is 35.4 Å². The minimum atomic E-state index is -4.55. The van der Waals surface area contributed by atoms with Crippen molar-refractivity contribution in [3.8, 4) is 0 Å². The summed E-state index contributed by atoms with van der Waals surface area (Å²) in [6.07, 6.45) is 7.00. The molecule has 0 aliphatic heterocycles. The molecule has 0 aromatic heterocycles. The van der Waals surface area contributed by atoms with Crippen LogP contribution in [0.3, 0.4) is 0 Å². The van der Waals surface area contributed by atoms with Crippen LogP contribution in [-0.2, 0) is 23.0 Å². The molecule has 1 aliphatic carbocycles. The van der Waals surface area contributed by atoms with Gasteiger partial charge in [0.1, 0.15) is 5.57 Å².